The zero-order valence-electron chi connectivity index (χ0n) is 6.40. The van der Waals surface area contributed by atoms with Crippen LogP contribution >= 0.6 is 0 Å². The maximum atomic E-state index is 3.98. The normalized spacial score (nSPS) is 28.0. The van der Waals surface area contributed by atoms with Gasteiger partial charge in [0.05, 0.1) is 0 Å². The van der Waals surface area contributed by atoms with Gasteiger partial charge in [0.2, 0.25) is 0 Å². The van der Waals surface area contributed by atoms with Crippen LogP contribution in [0.5, 0.6) is 0 Å². The highest BCUT2D eigenvalue weighted by Crippen LogP contribution is 2.47. The van der Waals surface area contributed by atoms with Crippen LogP contribution in [0.15, 0.2) is 37.2 Å². The average molecular weight is 145 g/mol. The molecule has 1 fully saturated rings. The van der Waals surface area contributed by atoms with Gasteiger partial charge >= 0.3 is 0 Å². The Bertz CT molecular complexity index is 253. The lowest BCUT2D eigenvalue weighted by atomic mass is 10.1. The predicted molar refractivity (Wildman–Crippen MR) is 45.3 cm³/mol. The Morgan fingerprint density at radius 2 is 2.18 bits per heavy atom. The van der Waals surface area contributed by atoms with Crippen LogP contribution in [0.1, 0.15) is 17.9 Å². The number of hydrogen-bond donors (Lipinski definition) is 0. The molecule has 1 aromatic rings. The van der Waals surface area contributed by atoms with Crippen molar-refractivity contribution in [1.29, 1.82) is 0 Å². The van der Waals surface area contributed by atoms with Gasteiger partial charge in [-0.05, 0) is 36.0 Å². The zero-order valence-corrected chi connectivity index (χ0v) is 6.40. The topological polar surface area (TPSA) is 12.9 Å². The molecule has 2 atom stereocenters. The Morgan fingerprint density at radius 1 is 1.45 bits per heavy atom. The van der Waals surface area contributed by atoms with Crippen LogP contribution in [0, 0.1) is 5.92 Å². The fraction of sp³-hybridized carbons (Fsp3) is 0.300. The second kappa shape index (κ2) is 2.50. The fourth-order valence-electron chi connectivity index (χ4n) is 1.47. The molecule has 56 valence electrons. The van der Waals surface area contributed by atoms with Gasteiger partial charge in [0, 0.05) is 12.4 Å². The summed E-state index contributed by atoms with van der Waals surface area (Å²) in [4.78, 5) is 3.98. The third-order valence-corrected chi connectivity index (χ3v) is 2.28. The molecule has 1 heterocycles. The number of aromatic nitrogens is 1. The summed E-state index contributed by atoms with van der Waals surface area (Å²) in [6, 6.07) is 4.18. The first-order valence-corrected chi connectivity index (χ1v) is 3.94. The number of nitrogens with zero attached hydrogens (tertiary/aromatic N) is 1. The summed E-state index contributed by atoms with van der Waals surface area (Å²) in [5.41, 5.74) is 1.41. The van der Waals surface area contributed by atoms with Crippen LogP contribution in [0.25, 0.3) is 0 Å². The molecular weight excluding hydrogens is 134 g/mol. The monoisotopic (exact) mass is 145 g/mol. The van der Waals surface area contributed by atoms with Gasteiger partial charge in [-0.15, -0.1) is 6.58 Å². The van der Waals surface area contributed by atoms with E-state index in [1.165, 1.54) is 12.0 Å². The molecule has 0 radical (unpaired) electrons. The molecule has 11 heavy (non-hydrogen) atoms. The van der Waals surface area contributed by atoms with Gasteiger partial charge in [0.15, 0.2) is 0 Å². The van der Waals surface area contributed by atoms with Gasteiger partial charge in [0.1, 0.15) is 0 Å². The van der Waals surface area contributed by atoms with E-state index in [0.717, 1.165) is 11.8 Å². The Morgan fingerprint density at radius 3 is 2.73 bits per heavy atom. The van der Waals surface area contributed by atoms with E-state index in [0.29, 0.717) is 0 Å². The van der Waals surface area contributed by atoms with Crippen LogP contribution in [0.2, 0.25) is 0 Å². The van der Waals surface area contributed by atoms with Gasteiger partial charge < -0.3 is 0 Å². The summed E-state index contributed by atoms with van der Waals surface area (Å²) in [5.74, 6) is 1.45. The minimum atomic E-state index is 0.720. The molecule has 2 rings (SSSR count). The van der Waals surface area contributed by atoms with Crippen molar-refractivity contribution in [1.82, 2.24) is 4.98 Å². The molecule has 1 aliphatic carbocycles. The van der Waals surface area contributed by atoms with Crippen molar-refractivity contribution in [2.24, 2.45) is 5.92 Å². The lowest BCUT2D eigenvalue weighted by Crippen LogP contribution is -1.80. The Balaban J connectivity index is 2.14. The second-order valence-corrected chi connectivity index (χ2v) is 3.02. The van der Waals surface area contributed by atoms with E-state index in [1.54, 1.807) is 0 Å². The van der Waals surface area contributed by atoms with E-state index in [4.69, 9.17) is 0 Å². The van der Waals surface area contributed by atoms with Gasteiger partial charge in [-0.25, -0.2) is 0 Å². The molecule has 1 aliphatic rings. The quantitative estimate of drug-likeness (QED) is 0.582. The highest BCUT2D eigenvalue weighted by atomic mass is 14.6. The number of allylic oxidation sites excluding steroid dienone is 1. The van der Waals surface area contributed by atoms with Crippen molar-refractivity contribution in [3.63, 3.8) is 0 Å². The third-order valence-electron chi connectivity index (χ3n) is 2.28. The van der Waals surface area contributed by atoms with Gasteiger partial charge in [-0.1, -0.05) is 6.08 Å². The van der Waals surface area contributed by atoms with Crippen molar-refractivity contribution in [3.05, 3.63) is 42.7 Å². The van der Waals surface area contributed by atoms with E-state index in [-0.39, 0.29) is 0 Å². The van der Waals surface area contributed by atoms with Crippen molar-refractivity contribution in [3.8, 4) is 0 Å². The number of rotatable bonds is 2. The minimum Gasteiger partial charge on any atom is -0.265 e. The van der Waals surface area contributed by atoms with E-state index >= 15 is 0 Å². The Kier molecular flexibility index (Phi) is 1.50. The number of pyridine rings is 1. The first-order valence-electron chi connectivity index (χ1n) is 3.94. The van der Waals surface area contributed by atoms with Crippen molar-refractivity contribution >= 4 is 0 Å². The SMILES string of the molecule is C=C[C@H]1C[C@@H]1c1ccncc1. The maximum absolute atomic E-state index is 3.98. The highest BCUT2D eigenvalue weighted by Gasteiger charge is 2.35. The first kappa shape index (κ1) is 6.59. The zero-order chi connectivity index (χ0) is 7.68. The average Bonchev–Trinajstić information content (AvgIpc) is 2.85. The summed E-state index contributed by atoms with van der Waals surface area (Å²) in [5, 5.41) is 0. The first-order chi connectivity index (χ1) is 5.42. The van der Waals surface area contributed by atoms with Crippen molar-refractivity contribution in [2.45, 2.75) is 12.3 Å². The van der Waals surface area contributed by atoms with Crippen LogP contribution in [-0.4, -0.2) is 4.98 Å². The van der Waals surface area contributed by atoms with Gasteiger partial charge in [-0.2, -0.15) is 0 Å². The smallest absolute Gasteiger partial charge is 0.0270 e. The third kappa shape index (κ3) is 1.18. The summed E-state index contributed by atoms with van der Waals surface area (Å²) in [6.45, 7) is 3.78. The summed E-state index contributed by atoms with van der Waals surface area (Å²) in [7, 11) is 0. The van der Waals surface area contributed by atoms with E-state index in [2.05, 4.69) is 23.7 Å². The standard InChI is InChI=1S/C10H11N/c1-2-8-7-10(8)9-3-5-11-6-4-9/h2-6,8,10H,1,7H2/t8-,10-/m0/s1. The molecule has 0 N–H and O–H groups in total. The van der Waals surface area contributed by atoms with E-state index in [9.17, 15) is 0 Å². The Hall–Kier alpha value is -1.11. The molecule has 0 aliphatic heterocycles. The Labute approximate surface area is 66.8 Å². The second-order valence-electron chi connectivity index (χ2n) is 3.02. The van der Waals surface area contributed by atoms with E-state index < -0.39 is 0 Å². The molecule has 0 amide bonds. The molecule has 0 bridgehead atoms. The van der Waals surface area contributed by atoms with Crippen LogP contribution in [0.3, 0.4) is 0 Å². The molecule has 0 spiro atoms. The lowest BCUT2D eigenvalue weighted by molar-refractivity contribution is 1.01. The molecule has 1 aromatic heterocycles. The predicted octanol–water partition coefficient (Wildman–Crippen LogP) is 2.37. The van der Waals surface area contributed by atoms with E-state index in [1.807, 2.05) is 18.5 Å². The number of hydrogen-bond acceptors (Lipinski definition) is 1. The molecular formula is C10H11N. The summed E-state index contributed by atoms with van der Waals surface area (Å²) < 4.78 is 0. The summed E-state index contributed by atoms with van der Waals surface area (Å²) >= 11 is 0. The molecule has 1 saturated carbocycles. The van der Waals surface area contributed by atoms with Crippen molar-refractivity contribution in [2.75, 3.05) is 0 Å². The van der Waals surface area contributed by atoms with Crippen LogP contribution in [0.4, 0.5) is 0 Å². The molecule has 1 nitrogen and oxygen atoms in total. The van der Waals surface area contributed by atoms with Gasteiger partial charge in [-0.3, -0.25) is 4.98 Å². The fourth-order valence-corrected chi connectivity index (χ4v) is 1.47. The van der Waals surface area contributed by atoms with Gasteiger partial charge in [0.25, 0.3) is 0 Å². The van der Waals surface area contributed by atoms with Crippen LogP contribution < -0.4 is 0 Å². The maximum Gasteiger partial charge on any atom is 0.0270 e. The lowest BCUT2D eigenvalue weighted by Gasteiger charge is -1.94. The minimum absolute atomic E-state index is 0.720. The van der Waals surface area contributed by atoms with Crippen LogP contribution in [-0.2, 0) is 0 Å². The summed E-state index contributed by atoms with van der Waals surface area (Å²) in [6.07, 6.45) is 7.03. The highest BCUT2D eigenvalue weighted by molar-refractivity contribution is 5.25. The molecule has 0 unspecified atom stereocenters. The largest absolute Gasteiger partial charge is 0.265 e. The molecule has 0 saturated heterocycles. The van der Waals surface area contributed by atoms with Crippen molar-refractivity contribution < 1.29 is 0 Å². The molecule has 1 heteroatoms. The molecule has 0 aromatic carbocycles.